The molecular formula is C13H14BrFN2S. The van der Waals surface area contributed by atoms with Crippen molar-refractivity contribution >= 4 is 27.3 Å². The maximum absolute atomic E-state index is 13.0. The molecule has 1 atom stereocenters. The molecule has 5 heteroatoms. The molecule has 0 aliphatic carbocycles. The maximum atomic E-state index is 13.0. The van der Waals surface area contributed by atoms with Crippen LogP contribution in [-0.4, -0.2) is 0 Å². The number of thiophene rings is 1. The Kier molecular flexibility index (Phi) is 4.50. The Bertz CT molecular complexity index is 542. The fourth-order valence-corrected chi connectivity index (χ4v) is 3.12. The lowest BCUT2D eigenvalue weighted by Crippen LogP contribution is -2.29. The molecule has 0 saturated heterocycles. The van der Waals surface area contributed by atoms with Crippen molar-refractivity contribution in [2.45, 2.75) is 19.4 Å². The number of hydrogen-bond acceptors (Lipinski definition) is 3. The molecule has 1 unspecified atom stereocenters. The van der Waals surface area contributed by atoms with Crippen molar-refractivity contribution < 1.29 is 4.39 Å². The fourth-order valence-electron chi connectivity index (χ4n) is 1.89. The van der Waals surface area contributed by atoms with E-state index in [0.717, 1.165) is 26.9 Å². The standard InChI is InChI=1S/C13H14BrFN2S/c1-8-4-11(15)3-2-9(8)5-12(17-16)10-6-13(14)18-7-10/h2-4,6-7,12,17H,5,16H2,1H3. The van der Waals surface area contributed by atoms with Gasteiger partial charge in [0.25, 0.3) is 0 Å². The number of nitrogens with two attached hydrogens (primary N) is 1. The van der Waals surface area contributed by atoms with Crippen molar-refractivity contribution in [1.82, 2.24) is 5.43 Å². The average molecular weight is 329 g/mol. The Morgan fingerprint density at radius 2 is 2.22 bits per heavy atom. The van der Waals surface area contributed by atoms with E-state index in [9.17, 15) is 4.39 Å². The van der Waals surface area contributed by atoms with Gasteiger partial charge in [-0.05, 0) is 69.5 Å². The van der Waals surface area contributed by atoms with Gasteiger partial charge in [-0.3, -0.25) is 11.3 Å². The molecule has 0 amide bonds. The Labute approximate surface area is 118 Å². The zero-order valence-electron chi connectivity index (χ0n) is 9.91. The second-order valence-corrected chi connectivity index (χ2v) is 6.47. The number of nitrogens with one attached hydrogen (secondary N) is 1. The molecule has 2 aromatic rings. The quantitative estimate of drug-likeness (QED) is 0.663. The molecule has 0 radical (unpaired) electrons. The van der Waals surface area contributed by atoms with Crippen molar-refractivity contribution in [3.05, 3.63) is 55.9 Å². The van der Waals surface area contributed by atoms with Crippen LogP contribution in [0.5, 0.6) is 0 Å². The van der Waals surface area contributed by atoms with Crippen molar-refractivity contribution in [2.75, 3.05) is 0 Å². The van der Waals surface area contributed by atoms with Crippen molar-refractivity contribution in [3.8, 4) is 0 Å². The predicted octanol–water partition coefficient (Wildman–Crippen LogP) is 3.71. The van der Waals surface area contributed by atoms with Gasteiger partial charge in [0.05, 0.1) is 9.83 Å². The summed E-state index contributed by atoms with van der Waals surface area (Å²) in [5.74, 6) is 5.41. The summed E-state index contributed by atoms with van der Waals surface area (Å²) in [7, 11) is 0. The highest BCUT2D eigenvalue weighted by molar-refractivity contribution is 9.11. The van der Waals surface area contributed by atoms with Crippen LogP contribution >= 0.6 is 27.3 Å². The Balaban J connectivity index is 2.20. The Morgan fingerprint density at radius 3 is 2.78 bits per heavy atom. The summed E-state index contributed by atoms with van der Waals surface area (Å²) in [5, 5.41) is 2.06. The van der Waals surface area contributed by atoms with Gasteiger partial charge in [-0.15, -0.1) is 11.3 Å². The molecule has 0 aliphatic heterocycles. The minimum atomic E-state index is -0.202. The predicted molar refractivity (Wildman–Crippen MR) is 76.9 cm³/mol. The van der Waals surface area contributed by atoms with E-state index in [1.165, 1.54) is 6.07 Å². The molecule has 0 aliphatic rings. The molecule has 1 aromatic heterocycles. The summed E-state index contributed by atoms with van der Waals surface area (Å²) in [6.45, 7) is 1.91. The Hall–Kier alpha value is -0.750. The molecule has 96 valence electrons. The lowest BCUT2D eigenvalue weighted by atomic mass is 9.98. The first-order valence-electron chi connectivity index (χ1n) is 5.55. The summed E-state index contributed by atoms with van der Waals surface area (Å²) in [6.07, 6.45) is 0.742. The zero-order valence-corrected chi connectivity index (χ0v) is 12.3. The minimum Gasteiger partial charge on any atom is -0.271 e. The highest BCUT2D eigenvalue weighted by atomic mass is 79.9. The van der Waals surface area contributed by atoms with Gasteiger partial charge >= 0.3 is 0 Å². The Morgan fingerprint density at radius 1 is 1.44 bits per heavy atom. The van der Waals surface area contributed by atoms with Crippen LogP contribution in [0.3, 0.4) is 0 Å². The number of aryl methyl sites for hydroxylation is 1. The molecule has 0 fully saturated rings. The summed E-state index contributed by atoms with van der Waals surface area (Å²) in [5.41, 5.74) is 6.00. The first-order chi connectivity index (χ1) is 8.60. The van der Waals surface area contributed by atoms with E-state index in [-0.39, 0.29) is 11.9 Å². The van der Waals surface area contributed by atoms with Crippen LogP contribution in [0, 0.1) is 12.7 Å². The molecule has 3 N–H and O–H groups in total. The van der Waals surface area contributed by atoms with Crippen LogP contribution < -0.4 is 11.3 Å². The lowest BCUT2D eigenvalue weighted by Gasteiger charge is -2.16. The van der Waals surface area contributed by atoms with E-state index >= 15 is 0 Å². The van der Waals surface area contributed by atoms with Crippen LogP contribution in [0.1, 0.15) is 22.7 Å². The highest BCUT2D eigenvalue weighted by Crippen LogP contribution is 2.27. The molecule has 2 nitrogen and oxygen atoms in total. The van der Waals surface area contributed by atoms with Crippen molar-refractivity contribution in [2.24, 2.45) is 5.84 Å². The third-order valence-corrected chi connectivity index (χ3v) is 4.44. The van der Waals surface area contributed by atoms with Crippen molar-refractivity contribution in [1.29, 1.82) is 0 Å². The molecule has 0 spiro atoms. The van der Waals surface area contributed by atoms with E-state index in [1.807, 2.05) is 19.1 Å². The molecule has 2 rings (SSSR count). The number of halogens is 2. The van der Waals surface area contributed by atoms with Gasteiger partial charge in [-0.25, -0.2) is 4.39 Å². The normalized spacial score (nSPS) is 12.7. The van der Waals surface area contributed by atoms with Crippen LogP contribution in [-0.2, 0) is 6.42 Å². The van der Waals surface area contributed by atoms with Crippen LogP contribution in [0.4, 0.5) is 4.39 Å². The van der Waals surface area contributed by atoms with Crippen LogP contribution in [0.15, 0.2) is 33.4 Å². The SMILES string of the molecule is Cc1cc(F)ccc1CC(NN)c1csc(Br)c1. The molecule has 0 saturated carbocycles. The average Bonchev–Trinajstić information content (AvgIpc) is 2.75. The summed E-state index contributed by atoms with van der Waals surface area (Å²) >= 11 is 5.07. The van der Waals surface area contributed by atoms with E-state index in [1.54, 1.807) is 17.4 Å². The smallest absolute Gasteiger partial charge is 0.123 e. The zero-order chi connectivity index (χ0) is 13.1. The fraction of sp³-hybridized carbons (Fsp3) is 0.231. The third kappa shape index (κ3) is 3.17. The molecule has 1 aromatic carbocycles. The van der Waals surface area contributed by atoms with Crippen molar-refractivity contribution in [3.63, 3.8) is 0 Å². The van der Waals surface area contributed by atoms with Gasteiger partial charge in [0.2, 0.25) is 0 Å². The second kappa shape index (κ2) is 5.93. The van der Waals surface area contributed by atoms with Gasteiger partial charge in [0, 0.05) is 0 Å². The monoisotopic (exact) mass is 328 g/mol. The first kappa shape index (κ1) is 13.7. The van der Waals surface area contributed by atoms with Crippen LogP contribution in [0.2, 0.25) is 0 Å². The first-order valence-corrected chi connectivity index (χ1v) is 7.22. The maximum Gasteiger partial charge on any atom is 0.123 e. The summed E-state index contributed by atoms with van der Waals surface area (Å²) in [4.78, 5) is 0. The van der Waals surface area contributed by atoms with E-state index in [2.05, 4.69) is 26.7 Å². The molecule has 1 heterocycles. The lowest BCUT2D eigenvalue weighted by molar-refractivity contribution is 0.551. The van der Waals surface area contributed by atoms with E-state index in [4.69, 9.17) is 5.84 Å². The van der Waals surface area contributed by atoms with E-state index < -0.39 is 0 Å². The highest BCUT2D eigenvalue weighted by Gasteiger charge is 2.13. The summed E-state index contributed by atoms with van der Waals surface area (Å²) < 4.78 is 14.1. The minimum absolute atomic E-state index is 0.0386. The van der Waals surface area contributed by atoms with Gasteiger partial charge in [-0.2, -0.15) is 0 Å². The number of hydrogen-bond donors (Lipinski definition) is 2. The largest absolute Gasteiger partial charge is 0.271 e. The van der Waals surface area contributed by atoms with Gasteiger partial charge in [0.15, 0.2) is 0 Å². The molecular weight excluding hydrogens is 315 g/mol. The molecule has 18 heavy (non-hydrogen) atoms. The summed E-state index contributed by atoms with van der Waals surface area (Å²) in [6, 6.07) is 6.94. The topological polar surface area (TPSA) is 38.0 Å². The van der Waals surface area contributed by atoms with Gasteiger partial charge in [-0.1, -0.05) is 6.07 Å². The number of benzene rings is 1. The van der Waals surface area contributed by atoms with Crippen LogP contribution in [0.25, 0.3) is 0 Å². The number of rotatable bonds is 4. The second-order valence-electron chi connectivity index (χ2n) is 4.18. The van der Waals surface area contributed by atoms with E-state index in [0.29, 0.717) is 0 Å². The van der Waals surface area contributed by atoms with Gasteiger partial charge in [0.1, 0.15) is 5.82 Å². The molecule has 0 bridgehead atoms. The van der Waals surface area contributed by atoms with Gasteiger partial charge < -0.3 is 0 Å². The number of hydrazine groups is 1. The third-order valence-electron chi connectivity index (χ3n) is 2.92.